The molecule has 1 aromatic heterocycles. The van der Waals surface area contributed by atoms with Gasteiger partial charge < -0.3 is 4.90 Å². The summed E-state index contributed by atoms with van der Waals surface area (Å²) in [6.07, 6.45) is 7.26. The van der Waals surface area contributed by atoms with Crippen molar-refractivity contribution < 1.29 is 9.18 Å². The van der Waals surface area contributed by atoms with Gasteiger partial charge in [-0.1, -0.05) is 31.0 Å². The van der Waals surface area contributed by atoms with Gasteiger partial charge in [-0.3, -0.25) is 9.78 Å². The molecule has 1 aromatic carbocycles. The lowest BCUT2D eigenvalue weighted by molar-refractivity contribution is -0.136. The molecule has 1 aliphatic heterocycles. The van der Waals surface area contributed by atoms with E-state index in [1.54, 1.807) is 0 Å². The van der Waals surface area contributed by atoms with E-state index < -0.39 is 0 Å². The lowest BCUT2D eigenvalue weighted by Gasteiger charge is -2.33. The van der Waals surface area contributed by atoms with Crippen LogP contribution in [0.25, 0.3) is 0 Å². The van der Waals surface area contributed by atoms with Gasteiger partial charge in [-0.15, -0.1) is 0 Å². The number of hydrogen-bond donors (Lipinski definition) is 0. The predicted octanol–water partition coefficient (Wildman–Crippen LogP) is 4.71. The van der Waals surface area contributed by atoms with Gasteiger partial charge in [-0.05, 0) is 55.5 Å². The Labute approximate surface area is 160 Å². The van der Waals surface area contributed by atoms with Crippen LogP contribution < -0.4 is 0 Å². The van der Waals surface area contributed by atoms with Crippen LogP contribution in [0, 0.1) is 11.7 Å². The molecular weight excluding hydrogens is 339 g/mol. The molecule has 4 rings (SSSR count). The highest BCUT2D eigenvalue weighted by Gasteiger charge is 2.30. The number of halogens is 1. The topological polar surface area (TPSA) is 33.2 Å². The molecule has 4 heteroatoms. The van der Waals surface area contributed by atoms with Gasteiger partial charge in [-0.25, -0.2) is 4.39 Å². The van der Waals surface area contributed by atoms with Crippen molar-refractivity contribution in [2.45, 2.75) is 50.9 Å². The molecule has 1 saturated carbocycles. The van der Waals surface area contributed by atoms with Crippen molar-refractivity contribution in [2.75, 3.05) is 13.1 Å². The summed E-state index contributed by atoms with van der Waals surface area (Å²) in [4.78, 5) is 19.6. The molecule has 2 fully saturated rings. The molecule has 2 heterocycles. The highest BCUT2D eigenvalue weighted by Crippen LogP contribution is 2.31. The molecule has 0 N–H and O–H groups in total. The Morgan fingerprint density at radius 1 is 1.00 bits per heavy atom. The maximum atomic E-state index is 13.1. The van der Waals surface area contributed by atoms with Gasteiger partial charge >= 0.3 is 0 Å². The van der Waals surface area contributed by atoms with Crippen LogP contribution in [0.15, 0.2) is 42.5 Å². The molecule has 1 aliphatic carbocycles. The summed E-state index contributed by atoms with van der Waals surface area (Å²) in [6, 6.07) is 12.8. The van der Waals surface area contributed by atoms with Crippen LogP contribution in [0.1, 0.15) is 61.4 Å². The SMILES string of the molecule is O=C(C1CCCC1)N1CCC(c2cccc(Cc3ccc(F)cc3)n2)CC1. The van der Waals surface area contributed by atoms with Crippen molar-refractivity contribution >= 4 is 5.91 Å². The summed E-state index contributed by atoms with van der Waals surface area (Å²) < 4.78 is 13.1. The third kappa shape index (κ3) is 4.37. The first kappa shape index (κ1) is 18.1. The molecule has 1 saturated heterocycles. The van der Waals surface area contributed by atoms with Crippen LogP contribution in [-0.2, 0) is 11.2 Å². The molecule has 2 aliphatic rings. The van der Waals surface area contributed by atoms with Gasteiger partial charge in [0.05, 0.1) is 0 Å². The standard InChI is InChI=1S/C23H27FN2O/c24-20-10-8-17(9-11-20)16-21-6-3-7-22(25-21)18-12-14-26(15-13-18)23(27)19-4-1-2-5-19/h3,6-11,18-19H,1-2,4-5,12-16H2. The highest BCUT2D eigenvalue weighted by atomic mass is 19.1. The monoisotopic (exact) mass is 366 g/mol. The fourth-order valence-electron chi connectivity index (χ4n) is 4.46. The molecule has 27 heavy (non-hydrogen) atoms. The first-order valence-electron chi connectivity index (χ1n) is 10.2. The molecular formula is C23H27FN2O. The zero-order chi connectivity index (χ0) is 18.6. The van der Waals surface area contributed by atoms with Gasteiger partial charge in [-0.2, -0.15) is 0 Å². The zero-order valence-electron chi connectivity index (χ0n) is 15.7. The Morgan fingerprint density at radius 3 is 2.41 bits per heavy atom. The van der Waals surface area contributed by atoms with E-state index in [9.17, 15) is 9.18 Å². The van der Waals surface area contributed by atoms with Crippen LogP contribution in [0.5, 0.6) is 0 Å². The second-order valence-electron chi connectivity index (χ2n) is 7.94. The number of aromatic nitrogens is 1. The van der Waals surface area contributed by atoms with E-state index in [0.29, 0.717) is 18.2 Å². The minimum Gasteiger partial charge on any atom is -0.342 e. The van der Waals surface area contributed by atoms with Crippen LogP contribution in [-0.4, -0.2) is 28.9 Å². The molecule has 2 aromatic rings. The van der Waals surface area contributed by atoms with Gasteiger partial charge in [0.2, 0.25) is 5.91 Å². The lowest BCUT2D eigenvalue weighted by atomic mass is 9.91. The lowest BCUT2D eigenvalue weighted by Crippen LogP contribution is -2.40. The molecule has 142 valence electrons. The summed E-state index contributed by atoms with van der Waals surface area (Å²) in [6.45, 7) is 1.70. The number of nitrogens with zero attached hydrogens (tertiary/aromatic N) is 2. The van der Waals surface area contributed by atoms with Crippen LogP contribution >= 0.6 is 0 Å². The smallest absolute Gasteiger partial charge is 0.225 e. The van der Waals surface area contributed by atoms with E-state index in [4.69, 9.17) is 4.98 Å². The number of piperidine rings is 1. The maximum Gasteiger partial charge on any atom is 0.225 e. The van der Waals surface area contributed by atoms with E-state index >= 15 is 0 Å². The Balaban J connectivity index is 1.37. The Hall–Kier alpha value is -2.23. The second-order valence-corrected chi connectivity index (χ2v) is 7.94. The number of carbonyl (C=O) groups is 1. The molecule has 0 unspecified atom stereocenters. The largest absolute Gasteiger partial charge is 0.342 e. The third-order valence-electron chi connectivity index (χ3n) is 6.06. The number of pyridine rings is 1. The minimum atomic E-state index is -0.209. The van der Waals surface area contributed by atoms with Crippen molar-refractivity contribution in [3.63, 3.8) is 0 Å². The summed E-state index contributed by atoms with van der Waals surface area (Å²) in [5, 5.41) is 0. The average molecular weight is 366 g/mol. The van der Waals surface area contributed by atoms with Crippen molar-refractivity contribution in [3.05, 3.63) is 65.2 Å². The summed E-state index contributed by atoms with van der Waals surface area (Å²) >= 11 is 0. The fourth-order valence-corrected chi connectivity index (χ4v) is 4.46. The summed E-state index contributed by atoms with van der Waals surface area (Å²) in [7, 11) is 0. The van der Waals surface area contributed by atoms with Crippen LogP contribution in [0.2, 0.25) is 0 Å². The number of rotatable bonds is 4. The van der Waals surface area contributed by atoms with Gasteiger partial charge in [0.15, 0.2) is 0 Å². The molecule has 3 nitrogen and oxygen atoms in total. The van der Waals surface area contributed by atoms with Crippen molar-refractivity contribution in [1.82, 2.24) is 9.88 Å². The highest BCUT2D eigenvalue weighted by molar-refractivity contribution is 5.79. The quantitative estimate of drug-likeness (QED) is 0.785. The van der Waals surface area contributed by atoms with E-state index in [2.05, 4.69) is 17.0 Å². The molecule has 0 spiro atoms. The van der Waals surface area contributed by atoms with Crippen molar-refractivity contribution in [3.8, 4) is 0 Å². The van der Waals surface area contributed by atoms with E-state index in [0.717, 1.165) is 55.7 Å². The number of benzene rings is 1. The molecule has 1 amide bonds. The van der Waals surface area contributed by atoms with Gasteiger partial charge in [0.25, 0.3) is 0 Å². The Kier molecular flexibility index (Phi) is 5.51. The average Bonchev–Trinajstić information content (AvgIpc) is 3.24. The second kappa shape index (κ2) is 8.20. The zero-order valence-corrected chi connectivity index (χ0v) is 15.7. The van der Waals surface area contributed by atoms with E-state index in [1.807, 2.05) is 18.2 Å². The Morgan fingerprint density at radius 2 is 1.70 bits per heavy atom. The number of amides is 1. The predicted molar refractivity (Wildman–Crippen MR) is 104 cm³/mol. The first-order valence-corrected chi connectivity index (χ1v) is 10.2. The van der Waals surface area contributed by atoms with E-state index in [1.165, 1.54) is 25.0 Å². The Bertz CT molecular complexity index is 775. The van der Waals surface area contributed by atoms with Crippen LogP contribution in [0.3, 0.4) is 0 Å². The summed E-state index contributed by atoms with van der Waals surface area (Å²) in [5.74, 6) is 0.868. The molecule has 0 radical (unpaired) electrons. The fraction of sp³-hybridized carbons (Fsp3) is 0.478. The van der Waals surface area contributed by atoms with Crippen LogP contribution in [0.4, 0.5) is 4.39 Å². The molecule has 0 bridgehead atoms. The third-order valence-corrected chi connectivity index (χ3v) is 6.06. The van der Waals surface area contributed by atoms with Gasteiger partial charge in [0.1, 0.15) is 5.82 Å². The van der Waals surface area contributed by atoms with Crippen molar-refractivity contribution in [1.29, 1.82) is 0 Å². The summed E-state index contributed by atoms with van der Waals surface area (Å²) in [5.41, 5.74) is 3.21. The maximum absolute atomic E-state index is 13.1. The van der Waals surface area contributed by atoms with Gasteiger partial charge in [0, 0.05) is 42.7 Å². The number of likely N-dealkylation sites (tertiary alicyclic amines) is 1. The minimum absolute atomic E-state index is 0.209. The number of hydrogen-bond acceptors (Lipinski definition) is 2. The first-order chi connectivity index (χ1) is 13.2. The van der Waals surface area contributed by atoms with E-state index in [-0.39, 0.29) is 11.7 Å². The number of carbonyl (C=O) groups excluding carboxylic acids is 1. The normalized spacial score (nSPS) is 18.8. The molecule has 0 atom stereocenters. The van der Waals surface area contributed by atoms with Crippen molar-refractivity contribution in [2.24, 2.45) is 5.92 Å².